The smallest absolute Gasteiger partial charge is 0.339 e. The minimum Gasteiger partial charge on any atom is -0.507 e. The van der Waals surface area contributed by atoms with E-state index in [2.05, 4.69) is 0 Å². The first kappa shape index (κ1) is 13.0. The molecule has 3 N–H and O–H groups in total. The van der Waals surface area contributed by atoms with Crippen molar-refractivity contribution in [1.82, 2.24) is 0 Å². The number of aliphatic hydroxyl groups excluding tert-OH is 1. The van der Waals surface area contributed by atoms with E-state index in [-0.39, 0.29) is 17.9 Å². The summed E-state index contributed by atoms with van der Waals surface area (Å²) < 4.78 is 0. The Hall–Kier alpha value is -2.07. The zero-order valence-corrected chi connectivity index (χ0v) is 9.42. The van der Waals surface area contributed by atoms with E-state index in [1.807, 2.05) is 18.2 Å². The first-order chi connectivity index (χ1) is 8.10. The van der Waals surface area contributed by atoms with E-state index < -0.39 is 5.97 Å². The molecule has 0 amide bonds. The van der Waals surface area contributed by atoms with Gasteiger partial charge >= 0.3 is 5.97 Å². The predicted molar refractivity (Wildman–Crippen MR) is 65.3 cm³/mol. The number of carbonyl (C=O) groups is 1. The molecule has 0 aliphatic carbocycles. The number of aliphatic hydroxyl groups is 1. The minimum absolute atomic E-state index is 0.0660. The maximum atomic E-state index is 10.7. The lowest BCUT2D eigenvalue weighted by Crippen LogP contribution is -1.96. The van der Waals surface area contributed by atoms with Gasteiger partial charge in [0, 0.05) is 6.61 Å². The highest BCUT2D eigenvalue weighted by Crippen LogP contribution is 2.24. The molecule has 0 atom stereocenters. The van der Waals surface area contributed by atoms with E-state index in [4.69, 9.17) is 10.2 Å². The van der Waals surface area contributed by atoms with Crippen molar-refractivity contribution in [3.63, 3.8) is 0 Å². The molecule has 2 aromatic rings. The summed E-state index contributed by atoms with van der Waals surface area (Å²) in [5.41, 5.74) is -0.0660. The molecule has 0 radical (unpaired) electrons. The third-order valence-corrected chi connectivity index (χ3v) is 2.09. The first-order valence-electron chi connectivity index (χ1n) is 5.16. The summed E-state index contributed by atoms with van der Waals surface area (Å²) in [4.78, 5) is 10.7. The molecule has 0 fully saturated rings. The van der Waals surface area contributed by atoms with Gasteiger partial charge in [0.2, 0.25) is 0 Å². The lowest BCUT2D eigenvalue weighted by molar-refractivity contribution is 0.0694. The Labute approximate surface area is 98.8 Å². The Balaban J connectivity index is 0.000000437. The molecule has 4 heteroatoms. The molecule has 4 nitrogen and oxygen atoms in total. The van der Waals surface area contributed by atoms with Crippen molar-refractivity contribution in [3.05, 3.63) is 42.0 Å². The van der Waals surface area contributed by atoms with Crippen LogP contribution in [-0.4, -0.2) is 27.9 Å². The van der Waals surface area contributed by atoms with E-state index in [1.54, 1.807) is 13.0 Å². The number of hydrogen-bond donors (Lipinski definition) is 3. The number of aromatic hydroxyl groups is 1. The molecule has 0 aliphatic rings. The number of fused-ring (bicyclic) bond motifs is 1. The molecule has 0 saturated carbocycles. The lowest BCUT2D eigenvalue weighted by Gasteiger charge is -2.02. The summed E-state index contributed by atoms with van der Waals surface area (Å²) in [5.74, 6) is -1.32. The van der Waals surface area contributed by atoms with Gasteiger partial charge in [-0.15, -0.1) is 0 Å². The van der Waals surface area contributed by atoms with Crippen molar-refractivity contribution in [2.75, 3.05) is 6.61 Å². The van der Waals surface area contributed by atoms with Crippen LogP contribution in [0.4, 0.5) is 0 Å². The SMILES string of the molecule is CCO.O=C(O)c1cc2ccccc2cc1O. The Morgan fingerprint density at radius 2 is 1.65 bits per heavy atom. The van der Waals surface area contributed by atoms with Crippen LogP contribution >= 0.6 is 0 Å². The molecule has 90 valence electrons. The lowest BCUT2D eigenvalue weighted by atomic mass is 10.1. The number of carboxylic acid groups (broad SMARTS) is 1. The summed E-state index contributed by atoms with van der Waals surface area (Å²) >= 11 is 0. The van der Waals surface area contributed by atoms with Crippen molar-refractivity contribution in [2.45, 2.75) is 6.92 Å². The van der Waals surface area contributed by atoms with Crippen LogP contribution in [-0.2, 0) is 0 Å². The summed E-state index contributed by atoms with van der Waals surface area (Å²) in [6, 6.07) is 10.2. The average molecular weight is 234 g/mol. The molecule has 0 bridgehead atoms. The van der Waals surface area contributed by atoms with Crippen molar-refractivity contribution < 1.29 is 20.1 Å². The molecule has 0 heterocycles. The van der Waals surface area contributed by atoms with Crippen molar-refractivity contribution in [1.29, 1.82) is 0 Å². The van der Waals surface area contributed by atoms with Gasteiger partial charge in [-0.05, 0) is 29.8 Å². The Morgan fingerprint density at radius 1 is 1.18 bits per heavy atom. The number of hydrogen-bond acceptors (Lipinski definition) is 3. The number of rotatable bonds is 1. The maximum Gasteiger partial charge on any atom is 0.339 e. The zero-order chi connectivity index (χ0) is 12.8. The van der Waals surface area contributed by atoms with Gasteiger partial charge in [0.15, 0.2) is 0 Å². The van der Waals surface area contributed by atoms with Gasteiger partial charge in [0.05, 0.1) is 0 Å². The monoisotopic (exact) mass is 234 g/mol. The van der Waals surface area contributed by atoms with Crippen LogP contribution in [0.25, 0.3) is 10.8 Å². The Bertz CT molecular complexity index is 520. The third kappa shape index (κ3) is 3.19. The van der Waals surface area contributed by atoms with Crippen LogP contribution in [0.1, 0.15) is 17.3 Å². The molecular weight excluding hydrogens is 220 g/mol. The van der Waals surface area contributed by atoms with Gasteiger partial charge in [-0.3, -0.25) is 0 Å². The molecule has 17 heavy (non-hydrogen) atoms. The second kappa shape index (κ2) is 5.86. The van der Waals surface area contributed by atoms with E-state index in [1.165, 1.54) is 12.1 Å². The first-order valence-corrected chi connectivity index (χ1v) is 5.16. The fraction of sp³-hybridized carbons (Fsp3) is 0.154. The predicted octanol–water partition coefficient (Wildman–Crippen LogP) is 2.24. The third-order valence-electron chi connectivity index (χ3n) is 2.09. The molecule has 2 aromatic carbocycles. The van der Waals surface area contributed by atoms with Crippen LogP contribution in [0.2, 0.25) is 0 Å². The molecule has 2 rings (SSSR count). The molecule has 0 saturated heterocycles. The average Bonchev–Trinajstić information content (AvgIpc) is 2.28. The van der Waals surface area contributed by atoms with Crippen LogP contribution in [0.3, 0.4) is 0 Å². The summed E-state index contributed by atoms with van der Waals surface area (Å²) in [7, 11) is 0. The number of carboxylic acids is 1. The minimum atomic E-state index is -1.12. The summed E-state index contributed by atoms with van der Waals surface area (Å²) in [5, 5.41) is 27.4. The largest absolute Gasteiger partial charge is 0.507 e. The Kier molecular flexibility index (Phi) is 4.48. The second-order valence-corrected chi connectivity index (χ2v) is 3.34. The molecule has 0 unspecified atom stereocenters. The number of phenols is 1. The van der Waals surface area contributed by atoms with Gasteiger partial charge in [-0.25, -0.2) is 4.79 Å². The van der Waals surface area contributed by atoms with Gasteiger partial charge in [-0.1, -0.05) is 24.3 Å². The topological polar surface area (TPSA) is 77.8 Å². The normalized spacial score (nSPS) is 9.53. The number of benzene rings is 2. The van der Waals surface area contributed by atoms with Gasteiger partial charge < -0.3 is 15.3 Å². The summed E-state index contributed by atoms with van der Waals surface area (Å²) in [6.45, 7) is 1.93. The van der Waals surface area contributed by atoms with Gasteiger partial charge in [0.25, 0.3) is 0 Å². The highest BCUT2D eigenvalue weighted by Gasteiger charge is 2.09. The van der Waals surface area contributed by atoms with Crippen molar-refractivity contribution >= 4 is 16.7 Å². The molecular formula is C13H14O4. The summed E-state index contributed by atoms with van der Waals surface area (Å²) in [6.07, 6.45) is 0. The van der Waals surface area contributed by atoms with E-state index >= 15 is 0 Å². The molecule has 0 spiro atoms. The van der Waals surface area contributed by atoms with Crippen LogP contribution in [0, 0.1) is 0 Å². The van der Waals surface area contributed by atoms with E-state index in [9.17, 15) is 9.90 Å². The van der Waals surface area contributed by atoms with Crippen LogP contribution in [0.15, 0.2) is 36.4 Å². The van der Waals surface area contributed by atoms with E-state index in [0.717, 1.165) is 10.8 Å². The fourth-order valence-corrected chi connectivity index (χ4v) is 1.40. The van der Waals surface area contributed by atoms with Gasteiger partial charge in [-0.2, -0.15) is 0 Å². The van der Waals surface area contributed by atoms with Crippen LogP contribution < -0.4 is 0 Å². The molecule has 0 aliphatic heterocycles. The molecule has 0 aromatic heterocycles. The number of aromatic carboxylic acids is 1. The van der Waals surface area contributed by atoms with Crippen LogP contribution in [0.5, 0.6) is 5.75 Å². The Morgan fingerprint density at radius 3 is 2.12 bits per heavy atom. The highest BCUT2D eigenvalue weighted by atomic mass is 16.4. The fourth-order valence-electron chi connectivity index (χ4n) is 1.40. The standard InChI is InChI=1S/C11H8O3.C2H6O/c12-10-6-8-4-2-1-3-7(8)5-9(10)11(13)14;1-2-3/h1-6,12H,(H,13,14);3H,2H2,1H3. The van der Waals surface area contributed by atoms with Crippen molar-refractivity contribution in [3.8, 4) is 5.75 Å². The zero-order valence-electron chi connectivity index (χ0n) is 9.42. The van der Waals surface area contributed by atoms with Crippen molar-refractivity contribution in [2.24, 2.45) is 0 Å². The second-order valence-electron chi connectivity index (χ2n) is 3.34. The van der Waals surface area contributed by atoms with Gasteiger partial charge in [0.1, 0.15) is 11.3 Å². The quantitative estimate of drug-likeness (QED) is 0.707. The highest BCUT2D eigenvalue weighted by molar-refractivity contribution is 5.97. The van der Waals surface area contributed by atoms with E-state index in [0.29, 0.717) is 0 Å². The maximum absolute atomic E-state index is 10.7.